The maximum Gasteiger partial charge on any atom is 0.227 e. The van der Waals surface area contributed by atoms with Gasteiger partial charge in [-0.2, -0.15) is 0 Å². The fraction of sp³-hybridized carbons (Fsp3) is 0.545. The first-order chi connectivity index (χ1) is 7.22. The summed E-state index contributed by atoms with van der Waals surface area (Å²) in [6.45, 7) is 4.13. The molecular formula is C11H15BrN2O. The normalized spacial score (nSPS) is 20.6. The van der Waals surface area contributed by atoms with Crippen molar-refractivity contribution >= 4 is 15.9 Å². The van der Waals surface area contributed by atoms with Crippen molar-refractivity contribution in [1.82, 2.24) is 10.3 Å². The molecule has 0 amide bonds. The lowest BCUT2D eigenvalue weighted by atomic mass is 9.98. The van der Waals surface area contributed by atoms with Gasteiger partial charge in [0, 0.05) is 6.54 Å². The van der Waals surface area contributed by atoms with Gasteiger partial charge in [0.05, 0.1) is 17.3 Å². The number of nitrogens with zero attached hydrogens (tertiary/aromatic N) is 1. The van der Waals surface area contributed by atoms with Gasteiger partial charge in [0.15, 0.2) is 0 Å². The third kappa shape index (κ3) is 2.16. The molecule has 0 radical (unpaired) electrons. The summed E-state index contributed by atoms with van der Waals surface area (Å²) in [5, 5.41) is 3.37. The van der Waals surface area contributed by atoms with Crippen LogP contribution in [0.5, 0.6) is 5.88 Å². The number of rotatable bonds is 1. The maximum absolute atomic E-state index is 5.20. The van der Waals surface area contributed by atoms with Gasteiger partial charge in [0.1, 0.15) is 0 Å². The predicted molar refractivity (Wildman–Crippen MR) is 63.2 cm³/mol. The van der Waals surface area contributed by atoms with Gasteiger partial charge in [-0.15, -0.1) is 0 Å². The summed E-state index contributed by atoms with van der Waals surface area (Å²) in [6.07, 6.45) is 1.16. The first kappa shape index (κ1) is 10.9. The molecule has 0 saturated carbocycles. The molecule has 82 valence electrons. The van der Waals surface area contributed by atoms with Crippen LogP contribution in [0, 0.1) is 0 Å². The average Bonchev–Trinajstić information content (AvgIpc) is 2.40. The molecule has 0 spiro atoms. The van der Waals surface area contributed by atoms with Gasteiger partial charge in [-0.25, -0.2) is 4.98 Å². The van der Waals surface area contributed by atoms with Crippen LogP contribution in [0.25, 0.3) is 0 Å². The van der Waals surface area contributed by atoms with E-state index >= 15 is 0 Å². The number of methoxy groups -OCH3 is 1. The summed E-state index contributed by atoms with van der Waals surface area (Å²) < 4.78 is 6.14. The highest BCUT2D eigenvalue weighted by atomic mass is 79.9. The first-order valence-corrected chi connectivity index (χ1v) is 5.95. The molecule has 0 bridgehead atoms. The average molecular weight is 271 g/mol. The zero-order chi connectivity index (χ0) is 10.8. The number of nitrogens with one attached hydrogen (secondary N) is 1. The third-order valence-electron chi connectivity index (χ3n) is 2.83. The van der Waals surface area contributed by atoms with Crippen molar-refractivity contribution in [3.63, 3.8) is 0 Å². The smallest absolute Gasteiger partial charge is 0.227 e. The number of hydrogen-bond donors (Lipinski definition) is 1. The number of halogens is 1. The van der Waals surface area contributed by atoms with E-state index in [0.29, 0.717) is 11.8 Å². The lowest BCUT2D eigenvalue weighted by Gasteiger charge is -2.13. The van der Waals surface area contributed by atoms with Crippen LogP contribution in [0.3, 0.4) is 0 Å². The van der Waals surface area contributed by atoms with E-state index in [2.05, 4.69) is 39.2 Å². The Balaban J connectivity index is 2.46. The molecular weight excluding hydrogens is 256 g/mol. The predicted octanol–water partition coefficient (Wildman–Crippen LogP) is 2.45. The number of aromatic nitrogens is 1. The van der Waals surface area contributed by atoms with Crippen LogP contribution in [0.15, 0.2) is 10.5 Å². The minimum absolute atomic E-state index is 0.560. The fourth-order valence-electron chi connectivity index (χ4n) is 1.91. The number of fused-ring (bicyclic) bond motifs is 1. The van der Waals surface area contributed by atoms with E-state index in [4.69, 9.17) is 4.74 Å². The molecule has 1 aromatic rings. The van der Waals surface area contributed by atoms with Crippen molar-refractivity contribution in [2.75, 3.05) is 13.7 Å². The zero-order valence-corrected chi connectivity index (χ0v) is 10.6. The Kier molecular flexibility index (Phi) is 3.26. The second kappa shape index (κ2) is 4.49. The Bertz CT molecular complexity index is 368. The molecule has 0 aliphatic carbocycles. The summed E-state index contributed by atoms with van der Waals surface area (Å²) in [5.41, 5.74) is 2.44. The molecule has 1 aromatic heterocycles. The van der Waals surface area contributed by atoms with Crippen LogP contribution in [0.4, 0.5) is 0 Å². The minimum atomic E-state index is 0.560. The van der Waals surface area contributed by atoms with Crippen molar-refractivity contribution in [2.45, 2.75) is 25.8 Å². The molecule has 1 aliphatic rings. The van der Waals surface area contributed by atoms with Crippen molar-refractivity contribution in [1.29, 1.82) is 0 Å². The topological polar surface area (TPSA) is 34.1 Å². The van der Waals surface area contributed by atoms with Crippen molar-refractivity contribution in [2.24, 2.45) is 0 Å². The standard InChI is InChI=1S/C11H15BrN2O/c1-7-3-4-13-6-10-8(7)5-9(12)11(14-10)15-2/h5,7,13H,3-4,6H2,1-2H3. The Labute approximate surface area is 98.4 Å². The molecule has 3 nitrogen and oxygen atoms in total. The molecule has 1 N–H and O–H groups in total. The summed E-state index contributed by atoms with van der Waals surface area (Å²) in [6, 6.07) is 2.14. The van der Waals surface area contributed by atoms with Gasteiger partial charge in [0.2, 0.25) is 5.88 Å². The van der Waals surface area contributed by atoms with Crippen molar-refractivity contribution in [3.05, 3.63) is 21.8 Å². The monoisotopic (exact) mass is 270 g/mol. The Morgan fingerprint density at radius 1 is 1.60 bits per heavy atom. The quantitative estimate of drug-likeness (QED) is 0.852. The highest BCUT2D eigenvalue weighted by molar-refractivity contribution is 9.10. The van der Waals surface area contributed by atoms with Gasteiger partial charge < -0.3 is 10.1 Å². The molecule has 15 heavy (non-hydrogen) atoms. The van der Waals surface area contributed by atoms with Crippen LogP contribution < -0.4 is 10.1 Å². The molecule has 0 saturated heterocycles. The van der Waals surface area contributed by atoms with Crippen LogP contribution in [-0.2, 0) is 6.54 Å². The number of pyridine rings is 1. The first-order valence-electron chi connectivity index (χ1n) is 5.16. The van der Waals surface area contributed by atoms with Crippen molar-refractivity contribution < 1.29 is 4.74 Å². The Morgan fingerprint density at radius 3 is 3.13 bits per heavy atom. The lowest BCUT2D eigenvalue weighted by molar-refractivity contribution is 0.392. The summed E-state index contributed by atoms with van der Waals surface area (Å²) in [4.78, 5) is 4.51. The van der Waals surface area contributed by atoms with E-state index in [-0.39, 0.29) is 0 Å². The second-order valence-corrected chi connectivity index (χ2v) is 4.74. The van der Waals surface area contributed by atoms with Gasteiger partial charge in [-0.3, -0.25) is 0 Å². The highest BCUT2D eigenvalue weighted by Crippen LogP contribution is 2.31. The molecule has 0 aromatic carbocycles. The van der Waals surface area contributed by atoms with Gasteiger partial charge in [-0.05, 0) is 46.4 Å². The highest BCUT2D eigenvalue weighted by Gasteiger charge is 2.18. The summed E-state index contributed by atoms with van der Waals surface area (Å²) in [7, 11) is 1.65. The number of ether oxygens (including phenoxy) is 1. The van der Waals surface area contributed by atoms with E-state index in [1.54, 1.807) is 7.11 Å². The summed E-state index contributed by atoms with van der Waals surface area (Å²) in [5.74, 6) is 1.23. The zero-order valence-electron chi connectivity index (χ0n) is 9.01. The molecule has 0 fully saturated rings. The third-order valence-corrected chi connectivity index (χ3v) is 3.40. The molecule has 2 rings (SSSR count). The minimum Gasteiger partial charge on any atom is -0.480 e. The number of hydrogen-bond acceptors (Lipinski definition) is 3. The van der Waals surface area contributed by atoms with E-state index in [1.165, 1.54) is 5.56 Å². The van der Waals surface area contributed by atoms with E-state index < -0.39 is 0 Å². The fourth-order valence-corrected chi connectivity index (χ4v) is 2.41. The Hall–Kier alpha value is -0.610. The molecule has 4 heteroatoms. The Morgan fingerprint density at radius 2 is 2.40 bits per heavy atom. The van der Waals surface area contributed by atoms with Crippen LogP contribution in [0.1, 0.15) is 30.5 Å². The SMILES string of the molecule is COc1nc2c(cc1Br)C(C)CCNC2. The van der Waals surface area contributed by atoms with E-state index in [0.717, 1.165) is 29.7 Å². The summed E-state index contributed by atoms with van der Waals surface area (Å²) >= 11 is 3.48. The van der Waals surface area contributed by atoms with Crippen LogP contribution in [0.2, 0.25) is 0 Å². The second-order valence-electron chi connectivity index (χ2n) is 3.88. The molecule has 1 aliphatic heterocycles. The van der Waals surface area contributed by atoms with E-state index in [1.807, 2.05) is 0 Å². The molecule has 1 atom stereocenters. The maximum atomic E-state index is 5.20. The van der Waals surface area contributed by atoms with Gasteiger partial charge in [0.25, 0.3) is 0 Å². The van der Waals surface area contributed by atoms with Crippen LogP contribution in [-0.4, -0.2) is 18.6 Å². The van der Waals surface area contributed by atoms with Gasteiger partial charge in [-0.1, -0.05) is 6.92 Å². The molecule has 1 unspecified atom stereocenters. The van der Waals surface area contributed by atoms with Crippen LogP contribution >= 0.6 is 15.9 Å². The van der Waals surface area contributed by atoms with E-state index in [9.17, 15) is 0 Å². The molecule has 2 heterocycles. The lowest BCUT2D eigenvalue weighted by Crippen LogP contribution is -2.13. The van der Waals surface area contributed by atoms with Gasteiger partial charge >= 0.3 is 0 Å². The van der Waals surface area contributed by atoms with Crippen molar-refractivity contribution in [3.8, 4) is 5.88 Å². The largest absolute Gasteiger partial charge is 0.480 e.